The topological polar surface area (TPSA) is 80.3 Å². The average Bonchev–Trinajstić information content (AvgIpc) is 2.85. The zero-order valence-electron chi connectivity index (χ0n) is 24.5. The van der Waals surface area contributed by atoms with Gasteiger partial charge in [0.1, 0.15) is 0 Å². The molecule has 4 nitrogen and oxygen atoms in total. The SMILES string of the molecule is CCCCCCCCCCCCSCCC(=O)[O-].CCCCCCCCCCCCSCCC(=O)[O-].[Ba+2]. The fraction of sp³-hybridized carbons (Fsp3) is 0.933. The van der Waals surface area contributed by atoms with Gasteiger partial charge in [0.2, 0.25) is 0 Å². The minimum Gasteiger partial charge on any atom is -0.550 e. The van der Waals surface area contributed by atoms with E-state index in [0.717, 1.165) is 11.5 Å². The largest absolute Gasteiger partial charge is 2.00 e. The summed E-state index contributed by atoms with van der Waals surface area (Å²) in [7, 11) is 0. The number of hydrogen-bond acceptors (Lipinski definition) is 6. The standard InChI is InChI=1S/2C15H30O2S.Ba/c2*1-2-3-4-5-6-7-8-9-10-11-13-18-14-12-15(16)17;/h2*2-14H2,1H3,(H,16,17);/q;;+2/p-2. The van der Waals surface area contributed by atoms with Crippen LogP contribution < -0.4 is 10.2 Å². The predicted molar refractivity (Wildman–Crippen MR) is 163 cm³/mol. The van der Waals surface area contributed by atoms with Gasteiger partial charge in [0.05, 0.1) is 0 Å². The Balaban J connectivity index is -0.000000608. The van der Waals surface area contributed by atoms with Crippen LogP contribution in [0.15, 0.2) is 0 Å². The van der Waals surface area contributed by atoms with Crippen LogP contribution in [-0.2, 0) is 9.59 Å². The molecule has 0 radical (unpaired) electrons. The van der Waals surface area contributed by atoms with E-state index < -0.39 is 11.9 Å². The number of carbonyl (C=O) groups excluding carboxylic acids is 2. The first-order valence-corrected chi connectivity index (χ1v) is 17.4. The van der Waals surface area contributed by atoms with E-state index in [9.17, 15) is 19.8 Å². The molecule has 0 N–H and O–H groups in total. The first kappa shape index (κ1) is 42.7. The zero-order chi connectivity index (χ0) is 27.0. The third-order valence-electron chi connectivity index (χ3n) is 6.19. The molecule has 0 unspecified atom stereocenters. The number of carboxylic acid groups (broad SMARTS) is 2. The summed E-state index contributed by atoms with van der Waals surface area (Å²) in [4.78, 5) is 20.4. The molecule has 0 saturated heterocycles. The van der Waals surface area contributed by atoms with Crippen molar-refractivity contribution in [2.24, 2.45) is 0 Å². The van der Waals surface area contributed by atoms with Crippen molar-refractivity contribution in [1.82, 2.24) is 0 Å². The number of carboxylic acids is 2. The smallest absolute Gasteiger partial charge is 0.550 e. The molecule has 7 heteroatoms. The van der Waals surface area contributed by atoms with E-state index in [1.807, 2.05) is 0 Å². The molecular formula is C30H58BaO4S2. The quantitative estimate of drug-likeness (QED) is 0.0642. The summed E-state index contributed by atoms with van der Waals surface area (Å²) >= 11 is 3.48. The van der Waals surface area contributed by atoms with Crippen molar-refractivity contribution in [3.8, 4) is 0 Å². The summed E-state index contributed by atoms with van der Waals surface area (Å²) in [6.07, 6.45) is 27.5. The molecule has 0 heterocycles. The molecule has 0 aliphatic rings. The van der Waals surface area contributed by atoms with E-state index in [4.69, 9.17) is 0 Å². The third kappa shape index (κ3) is 47.4. The van der Waals surface area contributed by atoms with Gasteiger partial charge >= 0.3 is 48.9 Å². The van der Waals surface area contributed by atoms with E-state index in [0.29, 0.717) is 11.5 Å². The summed E-state index contributed by atoms with van der Waals surface area (Å²) < 4.78 is 0. The van der Waals surface area contributed by atoms with Crippen molar-refractivity contribution in [3.63, 3.8) is 0 Å². The second-order valence-electron chi connectivity index (χ2n) is 9.83. The van der Waals surface area contributed by atoms with Crippen LogP contribution in [0.5, 0.6) is 0 Å². The third-order valence-corrected chi connectivity index (χ3v) is 8.33. The maximum atomic E-state index is 10.2. The number of aliphatic carboxylic acids is 2. The van der Waals surface area contributed by atoms with Crippen LogP contribution in [0, 0.1) is 0 Å². The molecule has 37 heavy (non-hydrogen) atoms. The van der Waals surface area contributed by atoms with Crippen LogP contribution >= 0.6 is 23.5 Å². The number of unbranched alkanes of at least 4 members (excludes halogenated alkanes) is 18. The summed E-state index contributed by atoms with van der Waals surface area (Å²) in [6, 6.07) is 0. The minimum atomic E-state index is -0.925. The Labute approximate surface area is 279 Å². The van der Waals surface area contributed by atoms with Gasteiger partial charge in [-0.2, -0.15) is 23.5 Å². The van der Waals surface area contributed by atoms with Crippen LogP contribution in [0.1, 0.15) is 155 Å². The summed E-state index contributed by atoms with van der Waals surface area (Å²) in [6.45, 7) is 4.51. The van der Waals surface area contributed by atoms with Crippen LogP contribution in [-0.4, -0.2) is 83.8 Å². The molecular weight excluding hydrogens is 626 g/mol. The van der Waals surface area contributed by atoms with Gasteiger partial charge in [0.25, 0.3) is 0 Å². The molecule has 0 fully saturated rings. The maximum absolute atomic E-state index is 10.2. The zero-order valence-corrected chi connectivity index (χ0v) is 30.6. The van der Waals surface area contributed by atoms with Crippen molar-refractivity contribution in [2.75, 3.05) is 23.0 Å². The Morgan fingerprint density at radius 1 is 0.432 bits per heavy atom. The Hall–Kier alpha value is 1.21. The number of carbonyl (C=O) groups is 2. The summed E-state index contributed by atoms with van der Waals surface area (Å²) in [5, 5.41) is 20.4. The Bertz CT molecular complexity index is 413. The van der Waals surface area contributed by atoms with E-state index in [1.165, 1.54) is 128 Å². The van der Waals surface area contributed by atoms with Crippen molar-refractivity contribution in [3.05, 3.63) is 0 Å². The fourth-order valence-corrected chi connectivity index (χ4v) is 5.75. The molecule has 0 rings (SSSR count). The molecule has 0 bridgehead atoms. The van der Waals surface area contributed by atoms with Crippen molar-refractivity contribution in [1.29, 1.82) is 0 Å². The van der Waals surface area contributed by atoms with E-state index in [1.54, 1.807) is 23.5 Å². The van der Waals surface area contributed by atoms with Crippen LogP contribution in [0.2, 0.25) is 0 Å². The molecule has 0 aromatic heterocycles. The predicted octanol–water partition coefficient (Wildman–Crippen LogP) is 7.18. The fourth-order valence-electron chi connectivity index (χ4n) is 3.90. The first-order valence-electron chi connectivity index (χ1n) is 15.1. The first-order chi connectivity index (χ1) is 17.5. The van der Waals surface area contributed by atoms with Crippen LogP contribution in [0.4, 0.5) is 0 Å². The second kappa shape index (κ2) is 39.4. The van der Waals surface area contributed by atoms with Crippen molar-refractivity contribution < 1.29 is 19.8 Å². The van der Waals surface area contributed by atoms with E-state index in [2.05, 4.69) is 13.8 Å². The Morgan fingerprint density at radius 3 is 0.919 bits per heavy atom. The van der Waals surface area contributed by atoms with Crippen molar-refractivity contribution >= 4 is 84.3 Å². The second-order valence-corrected chi connectivity index (χ2v) is 12.3. The number of hydrogen-bond donors (Lipinski definition) is 0. The molecule has 0 amide bonds. The summed E-state index contributed by atoms with van der Waals surface area (Å²) in [5.74, 6) is 1.77. The van der Waals surface area contributed by atoms with E-state index >= 15 is 0 Å². The van der Waals surface area contributed by atoms with Gasteiger partial charge < -0.3 is 19.8 Å². The van der Waals surface area contributed by atoms with Gasteiger partial charge in [-0.05, 0) is 48.7 Å². The minimum absolute atomic E-state index is 0. The van der Waals surface area contributed by atoms with Crippen LogP contribution in [0.25, 0.3) is 0 Å². The molecule has 0 aromatic carbocycles. The van der Waals surface area contributed by atoms with Crippen molar-refractivity contribution in [2.45, 2.75) is 155 Å². The molecule has 216 valence electrons. The Morgan fingerprint density at radius 2 is 0.676 bits per heavy atom. The van der Waals surface area contributed by atoms with Gasteiger partial charge in [0, 0.05) is 11.9 Å². The van der Waals surface area contributed by atoms with Gasteiger partial charge in [-0.25, -0.2) is 0 Å². The normalized spacial score (nSPS) is 10.4. The Kier molecular flexibility index (Phi) is 45.4. The van der Waals surface area contributed by atoms with Gasteiger partial charge in [-0.15, -0.1) is 0 Å². The van der Waals surface area contributed by atoms with Crippen LogP contribution in [0.3, 0.4) is 0 Å². The molecule has 0 aliphatic heterocycles. The maximum Gasteiger partial charge on any atom is 2.00 e. The molecule has 0 saturated carbocycles. The van der Waals surface area contributed by atoms with Gasteiger partial charge in [0.15, 0.2) is 0 Å². The summed E-state index contributed by atoms with van der Waals surface area (Å²) in [5.41, 5.74) is 0. The van der Waals surface area contributed by atoms with E-state index in [-0.39, 0.29) is 61.7 Å². The number of thioether (sulfide) groups is 2. The van der Waals surface area contributed by atoms with Gasteiger partial charge in [-0.1, -0.05) is 129 Å². The molecule has 0 aromatic rings. The molecule has 0 aliphatic carbocycles. The molecule has 0 spiro atoms. The monoisotopic (exact) mass is 684 g/mol. The molecule has 0 atom stereocenters. The number of rotatable bonds is 28. The van der Waals surface area contributed by atoms with Gasteiger partial charge in [-0.3, -0.25) is 0 Å². The average molecular weight is 684 g/mol.